The van der Waals surface area contributed by atoms with Crippen LogP contribution in [-0.2, 0) is 16.9 Å². The lowest BCUT2D eigenvalue weighted by Gasteiger charge is -2.16. The highest BCUT2D eigenvalue weighted by Gasteiger charge is 2.60. The van der Waals surface area contributed by atoms with E-state index in [1.165, 1.54) is 6.33 Å². The van der Waals surface area contributed by atoms with Crippen molar-refractivity contribution in [2.24, 2.45) is 0 Å². The van der Waals surface area contributed by atoms with Gasteiger partial charge in [-0.25, -0.2) is 9.67 Å². The number of benzene rings is 2. The van der Waals surface area contributed by atoms with Crippen molar-refractivity contribution >= 4 is 47.4 Å². The number of thiol groups is 1. The molecule has 2 unspecified atom stereocenters. The van der Waals surface area contributed by atoms with Crippen LogP contribution in [0.5, 0.6) is 0 Å². The number of epoxide rings is 1. The summed E-state index contributed by atoms with van der Waals surface area (Å²) in [5, 5.41) is 6.46. The SMILES string of the molecule is Sc1ncnn1CC1(c2ccccc2Cl)OC1c1ccc(Cl)cc1Cl. The number of ether oxygens (including phenoxy) is 1. The van der Waals surface area contributed by atoms with Gasteiger partial charge in [0.2, 0.25) is 0 Å². The van der Waals surface area contributed by atoms with Gasteiger partial charge in [0.15, 0.2) is 5.16 Å². The van der Waals surface area contributed by atoms with Crippen LogP contribution in [0.15, 0.2) is 53.9 Å². The molecular formula is C17H12Cl3N3OS. The lowest BCUT2D eigenvalue weighted by molar-refractivity contribution is 0.256. The largest absolute Gasteiger partial charge is 0.354 e. The van der Waals surface area contributed by atoms with Gasteiger partial charge in [-0.1, -0.05) is 59.1 Å². The molecule has 0 radical (unpaired) electrons. The van der Waals surface area contributed by atoms with E-state index >= 15 is 0 Å². The quantitative estimate of drug-likeness (QED) is 0.473. The van der Waals surface area contributed by atoms with Crippen LogP contribution in [0, 0.1) is 0 Å². The molecule has 0 aliphatic carbocycles. The van der Waals surface area contributed by atoms with Gasteiger partial charge in [-0.3, -0.25) is 0 Å². The van der Waals surface area contributed by atoms with E-state index in [2.05, 4.69) is 22.7 Å². The van der Waals surface area contributed by atoms with Crippen LogP contribution in [0.1, 0.15) is 17.2 Å². The summed E-state index contributed by atoms with van der Waals surface area (Å²) in [6, 6.07) is 13.0. The molecule has 1 saturated heterocycles. The first-order valence-corrected chi connectivity index (χ1v) is 9.04. The van der Waals surface area contributed by atoms with E-state index in [1.807, 2.05) is 30.3 Å². The van der Waals surface area contributed by atoms with Gasteiger partial charge in [0.25, 0.3) is 0 Å². The van der Waals surface area contributed by atoms with Gasteiger partial charge in [-0.05, 0) is 18.2 Å². The summed E-state index contributed by atoms with van der Waals surface area (Å²) in [5.41, 5.74) is 1.03. The van der Waals surface area contributed by atoms with Crippen LogP contribution in [0.25, 0.3) is 0 Å². The van der Waals surface area contributed by atoms with Crippen molar-refractivity contribution in [3.8, 4) is 0 Å². The van der Waals surface area contributed by atoms with Crippen molar-refractivity contribution < 1.29 is 4.74 Å². The van der Waals surface area contributed by atoms with Gasteiger partial charge in [0.1, 0.15) is 18.0 Å². The summed E-state index contributed by atoms with van der Waals surface area (Å²) in [6.07, 6.45) is 1.18. The molecule has 4 rings (SSSR count). The van der Waals surface area contributed by atoms with Gasteiger partial charge in [0.05, 0.1) is 6.54 Å². The Labute approximate surface area is 165 Å². The predicted molar refractivity (Wildman–Crippen MR) is 101 cm³/mol. The number of aromatic nitrogens is 3. The Morgan fingerprint density at radius 1 is 1.12 bits per heavy atom. The molecule has 1 aromatic heterocycles. The maximum Gasteiger partial charge on any atom is 0.183 e. The molecule has 0 amide bonds. The topological polar surface area (TPSA) is 43.2 Å². The minimum Gasteiger partial charge on any atom is -0.354 e. The fraction of sp³-hybridized carbons (Fsp3) is 0.176. The molecule has 0 spiro atoms. The van der Waals surface area contributed by atoms with Crippen LogP contribution in [0.4, 0.5) is 0 Å². The molecule has 0 N–H and O–H groups in total. The second-order valence-electron chi connectivity index (χ2n) is 5.75. The van der Waals surface area contributed by atoms with Crippen LogP contribution < -0.4 is 0 Å². The van der Waals surface area contributed by atoms with Crippen molar-refractivity contribution in [1.29, 1.82) is 0 Å². The second-order valence-corrected chi connectivity index (χ2v) is 7.40. The molecule has 0 bridgehead atoms. The summed E-state index contributed by atoms with van der Waals surface area (Å²) in [7, 11) is 0. The Bertz CT molecular complexity index is 948. The third kappa shape index (κ3) is 3.04. The summed E-state index contributed by atoms with van der Waals surface area (Å²) in [6.45, 7) is 0.416. The molecule has 4 nitrogen and oxygen atoms in total. The zero-order valence-electron chi connectivity index (χ0n) is 12.7. The lowest BCUT2D eigenvalue weighted by Crippen LogP contribution is -2.20. The van der Waals surface area contributed by atoms with E-state index in [4.69, 9.17) is 39.5 Å². The summed E-state index contributed by atoms with van der Waals surface area (Å²) in [5.74, 6) is 0. The molecule has 3 aromatic rings. The van der Waals surface area contributed by atoms with Crippen LogP contribution in [0.2, 0.25) is 15.1 Å². The second kappa shape index (κ2) is 6.49. The van der Waals surface area contributed by atoms with Crippen molar-refractivity contribution in [1.82, 2.24) is 14.8 Å². The number of nitrogens with zero attached hydrogens (tertiary/aromatic N) is 3. The van der Waals surface area contributed by atoms with E-state index in [9.17, 15) is 0 Å². The molecule has 0 saturated carbocycles. The van der Waals surface area contributed by atoms with Crippen molar-refractivity contribution in [2.75, 3.05) is 0 Å². The highest BCUT2D eigenvalue weighted by Crippen LogP contribution is 2.60. The average Bonchev–Trinajstić information content (AvgIpc) is 3.14. The Balaban J connectivity index is 1.79. The normalized spacial score (nSPS) is 22.2. The molecule has 2 aromatic carbocycles. The zero-order chi connectivity index (χ0) is 17.6. The van der Waals surface area contributed by atoms with Crippen molar-refractivity contribution in [3.63, 3.8) is 0 Å². The van der Waals surface area contributed by atoms with Gasteiger partial charge in [-0.15, -0.1) is 12.6 Å². The number of hydrogen-bond donors (Lipinski definition) is 1. The molecule has 25 heavy (non-hydrogen) atoms. The molecule has 1 aliphatic heterocycles. The third-order valence-corrected chi connectivity index (χ3v) is 5.49. The van der Waals surface area contributed by atoms with Crippen LogP contribution in [-0.4, -0.2) is 14.8 Å². The first-order valence-electron chi connectivity index (χ1n) is 7.46. The number of halogens is 3. The van der Waals surface area contributed by atoms with Gasteiger partial charge in [-0.2, -0.15) is 5.10 Å². The lowest BCUT2D eigenvalue weighted by atomic mass is 9.91. The maximum absolute atomic E-state index is 6.45. The fourth-order valence-electron chi connectivity index (χ4n) is 3.01. The molecule has 2 atom stereocenters. The van der Waals surface area contributed by atoms with Crippen molar-refractivity contribution in [2.45, 2.75) is 23.4 Å². The molecule has 1 fully saturated rings. The maximum atomic E-state index is 6.45. The molecule has 128 valence electrons. The summed E-state index contributed by atoms with van der Waals surface area (Å²) in [4.78, 5) is 4.06. The van der Waals surface area contributed by atoms with E-state index in [-0.39, 0.29) is 6.10 Å². The van der Waals surface area contributed by atoms with Gasteiger partial charge < -0.3 is 4.74 Å². The highest BCUT2D eigenvalue weighted by molar-refractivity contribution is 7.80. The fourth-order valence-corrected chi connectivity index (χ4v) is 3.99. The van der Waals surface area contributed by atoms with E-state index in [1.54, 1.807) is 16.8 Å². The molecule has 1 aliphatic rings. The van der Waals surface area contributed by atoms with E-state index < -0.39 is 5.60 Å². The number of rotatable bonds is 4. The Morgan fingerprint density at radius 3 is 2.60 bits per heavy atom. The van der Waals surface area contributed by atoms with Gasteiger partial charge in [0, 0.05) is 26.2 Å². The minimum absolute atomic E-state index is 0.269. The first kappa shape index (κ1) is 17.2. The molecule has 2 heterocycles. The Kier molecular flexibility index (Phi) is 4.46. The predicted octanol–water partition coefficient (Wildman–Crippen LogP) is 5.19. The Morgan fingerprint density at radius 2 is 1.92 bits per heavy atom. The zero-order valence-corrected chi connectivity index (χ0v) is 15.9. The summed E-state index contributed by atoms with van der Waals surface area (Å²) >= 11 is 23.2. The third-order valence-electron chi connectivity index (χ3n) is 4.25. The number of hydrogen-bond acceptors (Lipinski definition) is 4. The molecular weight excluding hydrogens is 401 g/mol. The summed E-state index contributed by atoms with van der Waals surface area (Å²) < 4.78 is 7.85. The van der Waals surface area contributed by atoms with Crippen LogP contribution in [0.3, 0.4) is 0 Å². The first-order chi connectivity index (χ1) is 12.0. The highest BCUT2D eigenvalue weighted by atomic mass is 35.5. The van der Waals surface area contributed by atoms with Gasteiger partial charge >= 0.3 is 0 Å². The smallest absolute Gasteiger partial charge is 0.183 e. The molecule has 8 heteroatoms. The van der Waals surface area contributed by atoms with E-state index in [0.29, 0.717) is 26.8 Å². The van der Waals surface area contributed by atoms with Crippen LogP contribution >= 0.6 is 47.4 Å². The minimum atomic E-state index is -0.693. The van der Waals surface area contributed by atoms with E-state index in [0.717, 1.165) is 11.1 Å². The standard InChI is InChI=1S/C17H12Cl3N3OS/c18-10-5-6-11(14(20)7-10)15-17(24-15,8-23-16(25)21-9-22-23)12-3-1-2-4-13(12)19/h1-7,9,15H,8H2,(H,21,22,25). The Hall–Kier alpha value is -1.24. The monoisotopic (exact) mass is 411 g/mol. The average molecular weight is 413 g/mol. The van der Waals surface area contributed by atoms with Crippen molar-refractivity contribution in [3.05, 3.63) is 75.0 Å².